The molecule has 0 unspecified atom stereocenters. The maximum absolute atomic E-state index is 11.1. The van der Waals surface area contributed by atoms with E-state index in [9.17, 15) is 4.57 Å². The summed E-state index contributed by atoms with van der Waals surface area (Å²) < 4.78 is 27.2. The van der Waals surface area contributed by atoms with Gasteiger partial charge in [0.15, 0.2) is 11.8 Å². The molecule has 0 aromatic heterocycles. The highest BCUT2D eigenvalue weighted by atomic mass is 31.2. The lowest BCUT2D eigenvalue weighted by Crippen LogP contribution is -2.29. The maximum atomic E-state index is 11.1. The summed E-state index contributed by atoms with van der Waals surface area (Å²) in [4.78, 5) is 27.0. The van der Waals surface area contributed by atoms with Gasteiger partial charge in [0, 0.05) is 0 Å². The van der Waals surface area contributed by atoms with Crippen LogP contribution in [0.2, 0.25) is 0 Å². The number of phosphoric ester groups is 1. The normalized spacial score (nSPS) is 18.1. The van der Waals surface area contributed by atoms with E-state index in [1.807, 2.05) is 27.7 Å². The second-order valence-corrected chi connectivity index (χ2v) is 9.25. The Labute approximate surface area is 170 Å². The molecule has 1 aromatic rings. The number of nitrogens with zero attached hydrogens (tertiary/aromatic N) is 2. The Morgan fingerprint density at radius 2 is 1.59 bits per heavy atom. The fraction of sp³-hybridized carbons (Fsp3) is 0.500. The van der Waals surface area contributed by atoms with Crippen LogP contribution in [-0.2, 0) is 14.0 Å². The maximum Gasteiger partial charge on any atom is 0.524 e. The van der Waals surface area contributed by atoms with E-state index in [1.165, 1.54) is 12.1 Å². The molecule has 0 fully saturated rings. The van der Waals surface area contributed by atoms with Crippen LogP contribution in [0.5, 0.6) is 5.75 Å². The van der Waals surface area contributed by atoms with Gasteiger partial charge in [0.2, 0.25) is 0 Å². The molecule has 158 valence electrons. The molecule has 29 heavy (non-hydrogen) atoms. The summed E-state index contributed by atoms with van der Waals surface area (Å²) in [5.74, 6) is 1.43. The Bertz CT molecular complexity index is 896. The molecule has 0 aliphatic carbocycles. The first kappa shape index (κ1) is 21.6. The monoisotopic (exact) mass is 422 g/mol. The number of phosphoric acid groups is 1. The van der Waals surface area contributed by atoms with Gasteiger partial charge in [-0.3, -0.25) is 19.8 Å². The number of hydrogen-bond donors (Lipinski definition) is 2. The van der Waals surface area contributed by atoms with E-state index in [-0.39, 0.29) is 5.75 Å². The van der Waals surface area contributed by atoms with Gasteiger partial charge in [-0.15, -0.1) is 0 Å². The average Bonchev–Trinajstić information content (AvgIpc) is 3.33. The molecule has 0 amide bonds. The van der Waals surface area contributed by atoms with Crippen LogP contribution in [0.1, 0.15) is 33.3 Å². The summed E-state index contributed by atoms with van der Waals surface area (Å²) in [6, 6.07) is 6.60. The van der Waals surface area contributed by atoms with Crippen LogP contribution >= 0.6 is 7.82 Å². The lowest BCUT2D eigenvalue weighted by molar-refractivity contribution is 0.283. The van der Waals surface area contributed by atoms with Crippen LogP contribution in [0.3, 0.4) is 0 Å². The molecule has 0 radical (unpaired) electrons. The first-order chi connectivity index (χ1) is 13.5. The van der Waals surface area contributed by atoms with Crippen molar-refractivity contribution in [2.45, 2.75) is 27.7 Å². The van der Waals surface area contributed by atoms with Crippen LogP contribution in [-0.4, -0.2) is 47.9 Å². The number of benzene rings is 1. The molecule has 8 nitrogen and oxygen atoms in total. The van der Waals surface area contributed by atoms with Crippen molar-refractivity contribution in [2.24, 2.45) is 20.8 Å². The van der Waals surface area contributed by atoms with Crippen LogP contribution < -0.4 is 4.52 Å². The molecule has 0 atom stereocenters. The smallest absolute Gasteiger partial charge is 0.478 e. The number of aliphatic imine (C=N–C) groups is 2. The highest BCUT2D eigenvalue weighted by Gasteiger charge is 2.37. The SMILES string of the molecule is CC(C)(C=C(c1ccc(OP(=O)(O)O)cc1)C(C)(C)C1=NCCO1)C1=NCCO1. The Kier molecular flexibility index (Phi) is 5.90. The van der Waals surface area contributed by atoms with Crippen molar-refractivity contribution in [1.82, 2.24) is 0 Å². The molecule has 0 spiro atoms. The van der Waals surface area contributed by atoms with Gasteiger partial charge in [0.25, 0.3) is 0 Å². The van der Waals surface area contributed by atoms with Crippen molar-refractivity contribution in [3.05, 3.63) is 35.9 Å². The minimum absolute atomic E-state index is 0.0939. The molecule has 0 saturated carbocycles. The van der Waals surface area contributed by atoms with Gasteiger partial charge in [-0.05, 0) is 51.0 Å². The standard InChI is InChI=1S/C20H27N2O6P/c1-19(2,17-21-9-11-26-17)13-16(20(3,4)18-22-10-12-27-18)14-5-7-15(8-6-14)28-29(23,24)25/h5-8,13H,9-12H2,1-4H3,(H2,23,24,25). The van der Waals surface area contributed by atoms with Gasteiger partial charge in [-0.1, -0.05) is 18.2 Å². The molecule has 2 aliphatic rings. The van der Waals surface area contributed by atoms with Crippen LogP contribution in [0.4, 0.5) is 0 Å². The zero-order valence-corrected chi connectivity index (χ0v) is 18.0. The molecule has 9 heteroatoms. The zero-order chi connectivity index (χ0) is 21.3. The molecule has 2 heterocycles. The Hall–Kier alpha value is -2.15. The zero-order valence-electron chi connectivity index (χ0n) is 17.1. The van der Waals surface area contributed by atoms with Gasteiger partial charge in [-0.25, -0.2) is 4.57 Å². The minimum Gasteiger partial charge on any atom is -0.478 e. The molecule has 0 saturated heterocycles. The van der Waals surface area contributed by atoms with Crippen LogP contribution in [0, 0.1) is 10.8 Å². The molecule has 1 aromatic carbocycles. The van der Waals surface area contributed by atoms with E-state index in [0.29, 0.717) is 38.1 Å². The van der Waals surface area contributed by atoms with E-state index < -0.39 is 18.7 Å². The van der Waals surface area contributed by atoms with Crippen molar-refractivity contribution < 1.29 is 28.3 Å². The summed E-state index contributed by atoms with van der Waals surface area (Å²) >= 11 is 0. The molecule has 2 N–H and O–H groups in total. The first-order valence-corrected chi connectivity index (χ1v) is 11.0. The third-order valence-electron chi connectivity index (χ3n) is 4.82. The van der Waals surface area contributed by atoms with E-state index in [4.69, 9.17) is 19.3 Å². The summed E-state index contributed by atoms with van der Waals surface area (Å²) in [5.41, 5.74) is 0.823. The Balaban J connectivity index is 2.03. The molecular formula is C20H27N2O6P. The van der Waals surface area contributed by atoms with Crippen molar-refractivity contribution in [1.29, 1.82) is 0 Å². The largest absolute Gasteiger partial charge is 0.524 e. The highest BCUT2D eigenvalue weighted by Crippen LogP contribution is 2.42. The van der Waals surface area contributed by atoms with Gasteiger partial charge < -0.3 is 14.0 Å². The predicted molar refractivity (Wildman–Crippen MR) is 111 cm³/mol. The van der Waals surface area contributed by atoms with E-state index in [0.717, 1.165) is 11.1 Å². The third-order valence-corrected chi connectivity index (χ3v) is 5.27. The first-order valence-electron chi connectivity index (χ1n) is 9.43. The van der Waals surface area contributed by atoms with Crippen molar-refractivity contribution in [3.63, 3.8) is 0 Å². The van der Waals surface area contributed by atoms with Crippen molar-refractivity contribution >= 4 is 25.2 Å². The third kappa shape index (κ3) is 5.07. The second-order valence-electron chi connectivity index (χ2n) is 8.08. The van der Waals surface area contributed by atoms with Gasteiger partial charge >= 0.3 is 7.82 Å². The van der Waals surface area contributed by atoms with Crippen LogP contribution in [0.15, 0.2) is 40.3 Å². The van der Waals surface area contributed by atoms with E-state index in [1.54, 1.807) is 12.1 Å². The summed E-state index contributed by atoms with van der Waals surface area (Å²) in [6.07, 6.45) is 2.10. The number of rotatable bonds is 7. The summed E-state index contributed by atoms with van der Waals surface area (Å²) in [5, 5.41) is 0. The lowest BCUT2D eigenvalue weighted by atomic mass is 9.75. The summed E-state index contributed by atoms with van der Waals surface area (Å²) in [7, 11) is -4.61. The summed E-state index contributed by atoms with van der Waals surface area (Å²) in [6.45, 7) is 10.6. The molecule has 3 rings (SSSR count). The van der Waals surface area contributed by atoms with E-state index in [2.05, 4.69) is 20.6 Å². The molecule has 2 aliphatic heterocycles. The molecule has 0 bridgehead atoms. The van der Waals surface area contributed by atoms with Gasteiger partial charge in [-0.2, -0.15) is 0 Å². The fourth-order valence-corrected chi connectivity index (χ4v) is 3.83. The predicted octanol–water partition coefficient (Wildman–Crippen LogP) is 3.45. The Morgan fingerprint density at radius 1 is 1.03 bits per heavy atom. The topological polar surface area (TPSA) is 110 Å². The quantitative estimate of drug-likeness (QED) is 0.652. The Morgan fingerprint density at radius 3 is 2.07 bits per heavy atom. The van der Waals surface area contributed by atoms with E-state index >= 15 is 0 Å². The van der Waals surface area contributed by atoms with Crippen molar-refractivity contribution in [3.8, 4) is 5.75 Å². The van der Waals surface area contributed by atoms with Crippen molar-refractivity contribution in [2.75, 3.05) is 26.3 Å². The lowest BCUT2D eigenvalue weighted by Gasteiger charge is -2.31. The van der Waals surface area contributed by atoms with Crippen LogP contribution in [0.25, 0.3) is 5.57 Å². The number of ether oxygens (including phenoxy) is 2. The molecular weight excluding hydrogens is 395 g/mol. The minimum atomic E-state index is -4.61. The van der Waals surface area contributed by atoms with Gasteiger partial charge in [0.1, 0.15) is 19.0 Å². The number of hydrogen-bond acceptors (Lipinski definition) is 6. The fourth-order valence-electron chi connectivity index (χ4n) is 3.43. The average molecular weight is 422 g/mol. The van der Waals surface area contributed by atoms with Gasteiger partial charge in [0.05, 0.1) is 23.9 Å². The second kappa shape index (κ2) is 7.94. The highest BCUT2D eigenvalue weighted by molar-refractivity contribution is 7.46.